The molecule has 2 aromatic heterocycles. The van der Waals surface area contributed by atoms with Gasteiger partial charge in [-0.05, 0) is 36.4 Å². The molecule has 0 bridgehead atoms. The number of ether oxygens (including phenoxy) is 1. The van der Waals surface area contributed by atoms with Crippen LogP contribution >= 0.6 is 0 Å². The van der Waals surface area contributed by atoms with Crippen molar-refractivity contribution in [1.82, 2.24) is 15.1 Å². The van der Waals surface area contributed by atoms with Crippen LogP contribution in [0.25, 0.3) is 11.4 Å². The molecule has 2 amide bonds. The van der Waals surface area contributed by atoms with Crippen LogP contribution in [0.2, 0.25) is 0 Å². The second-order valence-corrected chi connectivity index (χ2v) is 6.68. The van der Waals surface area contributed by atoms with Crippen molar-refractivity contribution in [2.24, 2.45) is 0 Å². The van der Waals surface area contributed by atoms with Crippen molar-refractivity contribution >= 4 is 23.2 Å². The Balaban J connectivity index is 1.45. The van der Waals surface area contributed by atoms with Gasteiger partial charge in [-0.3, -0.25) is 19.1 Å². The van der Waals surface area contributed by atoms with Crippen molar-refractivity contribution in [1.29, 1.82) is 0 Å². The summed E-state index contributed by atoms with van der Waals surface area (Å²) in [4.78, 5) is 42.5. The minimum Gasteiger partial charge on any atom is -0.380 e. The van der Waals surface area contributed by atoms with E-state index in [0.717, 1.165) is 17.0 Å². The predicted molar refractivity (Wildman–Crippen MR) is 103 cm³/mol. The molecule has 1 aromatic carbocycles. The van der Waals surface area contributed by atoms with E-state index < -0.39 is 41.7 Å². The number of carbonyl (C=O) groups is 2. The Bertz CT molecular complexity index is 1210. The van der Waals surface area contributed by atoms with Crippen LogP contribution < -0.4 is 16.0 Å². The molecule has 11 nitrogen and oxygen atoms in total. The molecule has 32 heavy (non-hydrogen) atoms. The fourth-order valence-electron chi connectivity index (χ4n) is 3.10. The van der Waals surface area contributed by atoms with E-state index in [4.69, 9.17) is 4.74 Å². The van der Waals surface area contributed by atoms with E-state index in [1.807, 2.05) is 0 Å². The molecule has 1 aliphatic heterocycles. The highest BCUT2D eigenvalue weighted by molar-refractivity contribution is 6.03. The van der Waals surface area contributed by atoms with Gasteiger partial charge in [0.05, 0.1) is 12.3 Å². The topological polar surface area (TPSA) is 151 Å². The van der Waals surface area contributed by atoms with Crippen molar-refractivity contribution in [3.63, 3.8) is 0 Å². The third-order valence-corrected chi connectivity index (χ3v) is 4.63. The fraction of sp³-hybridized carbons (Fsp3) is 0.211. The van der Waals surface area contributed by atoms with Crippen LogP contribution in [0.1, 0.15) is 0 Å². The molecule has 1 aliphatic rings. The third-order valence-electron chi connectivity index (χ3n) is 4.63. The number of aliphatic hydroxyl groups is 1. The Morgan fingerprint density at radius 3 is 2.62 bits per heavy atom. The molecule has 1 fully saturated rings. The maximum Gasteiger partial charge on any atom is 0.439 e. The number of aromatic amines is 1. The third kappa shape index (κ3) is 4.24. The average molecular weight is 447 g/mol. The number of benzene rings is 1. The minimum atomic E-state index is -1.91. The van der Waals surface area contributed by atoms with Gasteiger partial charge in [-0.15, -0.1) is 0 Å². The lowest BCUT2D eigenvalue weighted by Gasteiger charge is -2.33. The van der Waals surface area contributed by atoms with Gasteiger partial charge in [0.1, 0.15) is 0 Å². The van der Waals surface area contributed by atoms with E-state index in [0.29, 0.717) is 5.56 Å². The number of nitrogens with one attached hydrogen (secondary N) is 2. The van der Waals surface area contributed by atoms with Crippen LogP contribution in [0.15, 0.2) is 45.7 Å². The molecule has 0 saturated carbocycles. The number of nitrogens with zero attached hydrogens (tertiary/aromatic N) is 3. The number of H-pyrrole nitrogens is 1. The highest BCUT2D eigenvalue weighted by Crippen LogP contribution is 2.23. The summed E-state index contributed by atoms with van der Waals surface area (Å²) in [5.41, 5.74) is 0.488. The van der Waals surface area contributed by atoms with E-state index >= 15 is 0 Å². The Morgan fingerprint density at radius 1 is 1.22 bits per heavy atom. The Morgan fingerprint density at radius 2 is 1.97 bits per heavy atom. The van der Waals surface area contributed by atoms with Gasteiger partial charge in [0.2, 0.25) is 11.9 Å². The number of aromatic nitrogens is 3. The van der Waals surface area contributed by atoms with Crippen molar-refractivity contribution in [2.75, 3.05) is 23.4 Å². The number of amides is 2. The molecule has 0 spiro atoms. The summed E-state index contributed by atoms with van der Waals surface area (Å²) in [7, 11) is 0. The lowest BCUT2D eigenvalue weighted by Crippen LogP contribution is -2.55. The van der Waals surface area contributed by atoms with Gasteiger partial charge >= 0.3 is 5.76 Å². The van der Waals surface area contributed by atoms with Gasteiger partial charge < -0.3 is 20.1 Å². The smallest absolute Gasteiger partial charge is 0.380 e. The molecule has 2 unspecified atom stereocenters. The first-order valence-electron chi connectivity index (χ1n) is 9.24. The second-order valence-electron chi connectivity index (χ2n) is 6.68. The molecule has 4 rings (SSSR count). The molecule has 2 atom stereocenters. The van der Waals surface area contributed by atoms with Crippen molar-refractivity contribution in [2.45, 2.75) is 12.2 Å². The first-order chi connectivity index (χ1) is 15.3. The molecular formula is C19H15F2N5O6. The van der Waals surface area contributed by atoms with Crippen LogP contribution in [0, 0.1) is 11.9 Å². The normalized spacial score (nSPS) is 17.3. The maximum absolute atomic E-state index is 14.0. The largest absolute Gasteiger partial charge is 0.439 e. The maximum atomic E-state index is 14.0. The van der Waals surface area contributed by atoms with E-state index in [1.165, 1.54) is 24.3 Å². The quantitative estimate of drug-likeness (QED) is 0.477. The number of morpholine rings is 1. The lowest BCUT2D eigenvalue weighted by atomic mass is 10.1. The summed E-state index contributed by atoms with van der Waals surface area (Å²) >= 11 is 0. The van der Waals surface area contributed by atoms with Crippen LogP contribution in [-0.2, 0) is 14.3 Å². The summed E-state index contributed by atoms with van der Waals surface area (Å²) in [6, 6.07) is 7.94. The highest BCUT2D eigenvalue weighted by atomic mass is 19.1. The number of halogens is 2. The lowest BCUT2D eigenvalue weighted by molar-refractivity contribution is -0.150. The fourth-order valence-corrected chi connectivity index (χ4v) is 3.10. The molecule has 3 aromatic rings. The summed E-state index contributed by atoms with van der Waals surface area (Å²) in [6.07, 6.45) is -3.51. The van der Waals surface area contributed by atoms with Crippen molar-refractivity contribution in [3.05, 3.63) is 58.8 Å². The monoisotopic (exact) mass is 447 g/mol. The Labute approximate surface area is 177 Å². The molecule has 0 aliphatic carbocycles. The number of rotatable bonds is 5. The van der Waals surface area contributed by atoms with Crippen LogP contribution in [-0.4, -0.2) is 57.4 Å². The Kier molecular flexibility index (Phi) is 5.75. The van der Waals surface area contributed by atoms with Gasteiger partial charge in [0.15, 0.2) is 18.0 Å². The SMILES string of the molecule is O=C(Nc1ccc(-c2noc(=O)[nH]2)cc1)C(O)C1OCCN(c2ccc(F)nc2F)C1=O. The Hall–Kier alpha value is -3.97. The van der Waals surface area contributed by atoms with Crippen LogP contribution in [0.3, 0.4) is 0 Å². The molecule has 0 radical (unpaired) electrons. The molecule has 166 valence electrons. The average Bonchev–Trinajstić information content (AvgIpc) is 3.21. The number of hydrogen-bond acceptors (Lipinski definition) is 8. The number of carbonyl (C=O) groups excluding carboxylic acids is 2. The molecule has 13 heteroatoms. The van der Waals surface area contributed by atoms with Gasteiger partial charge in [-0.2, -0.15) is 13.8 Å². The molecule has 3 heterocycles. The number of pyridine rings is 1. The van der Waals surface area contributed by atoms with Crippen LogP contribution in [0.4, 0.5) is 20.2 Å². The summed E-state index contributed by atoms with van der Waals surface area (Å²) in [6.45, 7) is -0.165. The van der Waals surface area contributed by atoms with E-state index in [2.05, 4.69) is 25.0 Å². The van der Waals surface area contributed by atoms with Crippen molar-refractivity contribution in [3.8, 4) is 11.4 Å². The number of aliphatic hydroxyl groups excluding tert-OH is 1. The van der Waals surface area contributed by atoms with Crippen LogP contribution in [0.5, 0.6) is 0 Å². The predicted octanol–water partition coefficient (Wildman–Crippen LogP) is 0.434. The highest BCUT2D eigenvalue weighted by Gasteiger charge is 2.40. The van der Waals surface area contributed by atoms with Gasteiger partial charge in [0, 0.05) is 17.8 Å². The van der Waals surface area contributed by atoms with Gasteiger partial charge in [-0.1, -0.05) is 5.16 Å². The second kappa shape index (κ2) is 8.64. The first kappa shape index (κ1) is 21.3. The number of anilines is 2. The minimum absolute atomic E-state index is 0.0699. The zero-order chi connectivity index (χ0) is 22.8. The molecule has 3 N–H and O–H groups in total. The molecule has 1 saturated heterocycles. The summed E-state index contributed by atoms with van der Waals surface area (Å²) < 4.78 is 36.7. The van der Waals surface area contributed by atoms with E-state index in [-0.39, 0.29) is 30.4 Å². The van der Waals surface area contributed by atoms with E-state index in [1.54, 1.807) is 0 Å². The summed E-state index contributed by atoms with van der Waals surface area (Å²) in [5.74, 6) is -4.60. The zero-order valence-corrected chi connectivity index (χ0v) is 16.1. The molecular weight excluding hydrogens is 432 g/mol. The van der Waals surface area contributed by atoms with E-state index in [9.17, 15) is 28.3 Å². The number of hydrogen-bond donors (Lipinski definition) is 3. The first-order valence-corrected chi connectivity index (χ1v) is 9.24. The van der Waals surface area contributed by atoms with Crippen molar-refractivity contribution < 1.29 is 32.7 Å². The summed E-state index contributed by atoms with van der Waals surface area (Å²) in [5, 5.41) is 16.3. The zero-order valence-electron chi connectivity index (χ0n) is 16.1. The van der Waals surface area contributed by atoms with Gasteiger partial charge in [0.25, 0.3) is 11.8 Å². The van der Waals surface area contributed by atoms with Gasteiger partial charge in [-0.25, -0.2) is 4.79 Å². The standard InChI is InChI=1S/C19H15F2N5O6/c20-12-6-5-11(15(21)23-12)26-7-8-31-14(18(26)29)13(27)17(28)22-10-3-1-9(2-4-10)16-24-19(30)32-25-16/h1-6,13-14,27H,7-8H2,(H,22,28)(H,24,25,30).